The molecule has 0 saturated heterocycles. The minimum atomic E-state index is -0.0357. The Labute approximate surface area is 117 Å². The molecule has 6 nitrogen and oxygen atoms in total. The topological polar surface area (TPSA) is 82.0 Å². The zero-order valence-electron chi connectivity index (χ0n) is 10.3. The Morgan fingerprint density at radius 2 is 2.26 bits per heavy atom. The van der Waals surface area contributed by atoms with Gasteiger partial charge in [0, 0.05) is 11.3 Å². The van der Waals surface area contributed by atoms with Crippen LogP contribution in [0.3, 0.4) is 0 Å². The Hall–Kier alpha value is -1.38. The van der Waals surface area contributed by atoms with E-state index in [-0.39, 0.29) is 6.04 Å². The summed E-state index contributed by atoms with van der Waals surface area (Å²) in [5.74, 6) is 1.53. The second-order valence-corrected chi connectivity index (χ2v) is 6.64. The van der Waals surface area contributed by atoms with Crippen LogP contribution in [0.5, 0.6) is 0 Å². The maximum absolute atomic E-state index is 5.84. The largest absolute Gasteiger partial charge is 0.322 e. The highest BCUT2D eigenvalue weighted by atomic mass is 32.1. The lowest BCUT2D eigenvalue weighted by molar-refractivity contribution is 0.805. The molecule has 0 radical (unpaired) electrons. The highest BCUT2D eigenvalue weighted by molar-refractivity contribution is 7.20. The van der Waals surface area contributed by atoms with Crippen molar-refractivity contribution in [1.82, 2.24) is 24.8 Å². The van der Waals surface area contributed by atoms with E-state index in [1.807, 2.05) is 16.8 Å². The SMILES string of the molecule is CC(N)c1nc(-c2nn3c(C4CC4)nnc3s2)cs1. The van der Waals surface area contributed by atoms with Crippen LogP contribution in [0.25, 0.3) is 15.7 Å². The Balaban J connectivity index is 1.77. The lowest BCUT2D eigenvalue weighted by Crippen LogP contribution is -2.03. The predicted octanol–water partition coefficient (Wildman–Crippen LogP) is 2.21. The lowest BCUT2D eigenvalue weighted by atomic mass is 10.4. The zero-order valence-corrected chi connectivity index (χ0v) is 11.9. The minimum absolute atomic E-state index is 0.0357. The fourth-order valence-electron chi connectivity index (χ4n) is 1.93. The molecule has 1 aliphatic rings. The number of hydrogen-bond acceptors (Lipinski definition) is 7. The number of thiazole rings is 1. The molecule has 19 heavy (non-hydrogen) atoms. The summed E-state index contributed by atoms with van der Waals surface area (Å²) in [7, 11) is 0. The van der Waals surface area contributed by atoms with Gasteiger partial charge >= 0.3 is 0 Å². The first-order chi connectivity index (χ1) is 9.22. The highest BCUT2D eigenvalue weighted by Crippen LogP contribution is 2.39. The summed E-state index contributed by atoms with van der Waals surface area (Å²) in [5, 5.41) is 16.8. The average molecular weight is 292 g/mol. The van der Waals surface area contributed by atoms with Gasteiger partial charge in [0.2, 0.25) is 4.96 Å². The Morgan fingerprint density at radius 3 is 2.95 bits per heavy atom. The molecular weight excluding hydrogens is 280 g/mol. The number of rotatable bonds is 3. The number of nitrogens with zero attached hydrogens (tertiary/aromatic N) is 5. The fraction of sp³-hybridized carbons (Fsp3) is 0.455. The van der Waals surface area contributed by atoms with Crippen molar-refractivity contribution < 1.29 is 0 Å². The van der Waals surface area contributed by atoms with Gasteiger partial charge in [-0.1, -0.05) is 11.3 Å². The molecule has 4 rings (SSSR count). The predicted molar refractivity (Wildman–Crippen MR) is 74.3 cm³/mol. The molecule has 3 aromatic heterocycles. The molecule has 1 saturated carbocycles. The van der Waals surface area contributed by atoms with Gasteiger partial charge in [0.05, 0.1) is 6.04 Å². The van der Waals surface area contributed by atoms with Crippen molar-refractivity contribution in [3.05, 3.63) is 16.2 Å². The third kappa shape index (κ3) is 1.87. The molecular formula is C11H12N6S2. The molecule has 0 amide bonds. The van der Waals surface area contributed by atoms with Gasteiger partial charge in [-0.2, -0.15) is 9.61 Å². The third-order valence-electron chi connectivity index (χ3n) is 3.09. The fourth-order valence-corrected chi connectivity index (χ4v) is 3.57. The van der Waals surface area contributed by atoms with Crippen LogP contribution in [0.1, 0.15) is 42.6 Å². The van der Waals surface area contributed by atoms with E-state index in [9.17, 15) is 0 Å². The molecule has 8 heteroatoms. The molecule has 0 aromatic carbocycles. The van der Waals surface area contributed by atoms with Crippen LogP contribution in [-0.2, 0) is 0 Å². The summed E-state index contributed by atoms with van der Waals surface area (Å²) in [6, 6.07) is -0.0357. The van der Waals surface area contributed by atoms with E-state index in [0.29, 0.717) is 5.92 Å². The second-order valence-electron chi connectivity index (χ2n) is 4.79. The van der Waals surface area contributed by atoms with Crippen molar-refractivity contribution in [2.45, 2.75) is 31.7 Å². The van der Waals surface area contributed by atoms with E-state index in [1.54, 1.807) is 11.3 Å². The summed E-state index contributed by atoms with van der Waals surface area (Å²) < 4.78 is 1.86. The monoisotopic (exact) mass is 292 g/mol. The van der Waals surface area contributed by atoms with Gasteiger partial charge in [-0.15, -0.1) is 21.5 Å². The molecule has 3 aromatic rings. The number of nitrogens with two attached hydrogens (primary N) is 1. The highest BCUT2D eigenvalue weighted by Gasteiger charge is 2.30. The normalized spacial score (nSPS) is 17.2. The molecule has 1 aliphatic carbocycles. The smallest absolute Gasteiger partial charge is 0.235 e. The third-order valence-corrected chi connectivity index (χ3v) is 5.06. The summed E-state index contributed by atoms with van der Waals surface area (Å²) >= 11 is 3.10. The van der Waals surface area contributed by atoms with Crippen LogP contribution in [-0.4, -0.2) is 24.8 Å². The van der Waals surface area contributed by atoms with Gasteiger partial charge in [-0.05, 0) is 19.8 Å². The van der Waals surface area contributed by atoms with Crippen LogP contribution >= 0.6 is 22.7 Å². The van der Waals surface area contributed by atoms with Gasteiger partial charge in [-0.25, -0.2) is 4.98 Å². The summed E-state index contributed by atoms with van der Waals surface area (Å²) in [5.41, 5.74) is 6.72. The van der Waals surface area contributed by atoms with Crippen LogP contribution < -0.4 is 5.73 Å². The maximum atomic E-state index is 5.84. The molecule has 0 spiro atoms. The number of hydrogen-bond donors (Lipinski definition) is 1. The first-order valence-electron chi connectivity index (χ1n) is 6.16. The standard InChI is InChI=1S/C11H12N6S2/c1-5(12)9-13-7(4-18-9)10-16-17-8(6-2-3-6)14-15-11(17)19-10/h4-6H,2-3,12H2,1H3. The first-order valence-corrected chi connectivity index (χ1v) is 7.85. The minimum Gasteiger partial charge on any atom is -0.322 e. The molecule has 0 bridgehead atoms. The van der Waals surface area contributed by atoms with Gasteiger partial charge in [0.15, 0.2) is 10.8 Å². The van der Waals surface area contributed by atoms with Crippen molar-refractivity contribution in [2.24, 2.45) is 5.73 Å². The Bertz CT molecular complexity index is 735. The van der Waals surface area contributed by atoms with Crippen LogP contribution in [0.4, 0.5) is 0 Å². The van der Waals surface area contributed by atoms with Gasteiger partial charge < -0.3 is 5.73 Å². The first kappa shape index (κ1) is 11.4. The van der Waals surface area contributed by atoms with Gasteiger partial charge in [0.1, 0.15) is 10.7 Å². The average Bonchev–Trinajstić information content (AvgIpc) is 2.84. The summed E-state index contributed by atoms with van der Waals surface area (Å²) in [6.07, 6.45) is 2.39. The van der Waals surface area contributed by atoms with Crippen LogP contribution in [0.15, 0.2) is 5.38 Å². The van der Waals surface area contributed by atoms with Crippen molar-refractivity contribution in [3.63, 3.8) is 0 Å². The molecule has 0 aliphatic heterocycles. The van der Waals surface area contributed by atoms with Crippen molar-refractivity contribution in [2.75, 3.05) is 0 Å². The molecule has 1 fully saturated rings. The van der Waals surface area contributed by atoms with Gasteiger partial charge in [-0.3, -0.25) is 0 Å². The summed E-state index contributed by atoms with van der Waals surface area (Å²) in [4.78, 5) is 5.36. The molecule has 2 N–H and O–H groups in total. The van der Waals surface area contributed by atoms with E-state index in [1.165, 1.54) is 24.2 Å². The summed E-state index contributed by atoms with van der Waals surface area (Å²) in [6.45, 7) is 1.94. The van der Waals surface area contributed by atoms with E-state index in [4.69, 9.17) is 5.73 Å². The van der Waals surface area contributed by atoms with E-state index in [0.717, 1.165) is 26.5 Å². The molecule has 1 unspecified atom stereocenters. The van der Waals surface area contributed by atoms with Crippen LogP contribution in [0, 0.1) is 0 Å². The Kier molecular flexibility index (Phi) is 2.44. The zero-order chi connectivity index (χ0) is 13.0. The van der Waals surface area contributed by atoms with Crippen molar-refractivity contribution in [3.8, 4) is 10.7 Å². The molecule has 98 valence electrons. The maximum Gasteiger partial charge on any atom is 0.235 e. The van der Waals surface area contributed by atoms with E-state index < -0.39 is 0 Å². The molecule has 3 heterocycles. The Morgan fingerprint density at radius 1 is 1.42 bits per heavy atom. The van der Waals surface area contributed by atoms with E-state index in [2.05, 4.69) is 20.3 Å². The lowest BCUT2D eigenvalue weighted by Gasteiger charge is -1.96. The number of fused-ring (bicyclic) bond motifs is 1. The van der Waals surface area contributed by atoms with Crippen molar-refractivity contribution >= 4 is 27.6 Å². The second kappa shape index (κ2) is 4.06. The number of aromatic nitrogens is 5. The van der Waals surface area contributed by atoms with E-state index >= 15 is 0 Å². The van der Waals surface area contributed by atoms with Crippen molar-refractivity contribution in [1.29, 1.82) is 0 Å². The van der Waals surface area contributed by atoms with Crippen LogP contribution in [0.2, 0.25) is 0 Å². The molecule has 1 atom stereocenters. The van der Waals surface area contributed by atoms with Gasteiger partial charge in [0.25, 0.3) is 0 Å². The quantitative estimate of drug-likeness (QED) is 0.800.